The van der Waals surface area contributed by atoms with E-state index in [0.29, 0.717) is 0 Å². The van der Waals surface area contributed by atoms with Crippen molar-refractivity contribution in [2.45, 2.75) is 12.5 Å². The first-order valence-corrected chi connectivity index (χ1v) is 4.98. The summed E-state index contributed by atoms with van der Waals surface area (Å²) >= 11 is 0. The zero-order valence-corrected chi connectivity index (χ0v) is 9.12. The fraction of sp³-hybridized carbons (Fsp3) is 0.500. The molecule has 1 N–H and O–H groups in total. The van der Waals surface area contributed by atoms with Crippen molar-refractivity contribution in [3.05, 3.63) is 18.0 Å². The van der Waals surface area contributed by atoms with Gasteiger partial charge in [-0.1, -0.05) is 0 Å². The van der Waals surface area contributed by atoms with Crippen LogP contribution in [0.2, 0.25) is 0 Å². The number of carboxylic acid groups (broad SMARTS) is 1. The largest absolute Gasteiger partial charge is 0.481 e. The molecule has 0 saturated carbocycles. The van der Waals surface area contributed by atoms with Crippen LogP contribution >= 0.6 is 0 Å². The van der Waals surface area contributed by atoms with Crippen LogP contribution in [0.15, 0.2) is 12.3 Å². The molecule has 1 saturated heterocycles. The number of aryl methyl sites for hydroxylation is 1. The van der Waals surface area contributed by atoms with Gasteiger partial charge in [0.15, 0.2) is 0 Å². The van der Waals surface area contributed by atoms with E-state index in [-0.39, 0.29) is 12.3 Å². The molecular weight excluding hydrogens is 210 g/mol. The summed E-state index contributed by atoms with van der Waals surface area (Å²) in [6.45, 7) is 0. The minimum absolute atomic E-state index is 0.0572. The SMILES string of the molecule is CN1C(=O)C[C@H](C(=O)O)[C@H]1c1ccnn1C. The zero-order chi connectivity index (χ0) is 11.9. The second kappa shape index (κ2) is 3.62. The summed E-state index contributed by atoms with van der Waals surface area (Å²) in [5.41, 5.74) is 0.751. The molecule has 0 aliphatic carbocycles. The minimum Gasteiger partial charge on any atom is -0.481 e. The van der Waals surface area contributed by atoms with Gasteiger partial charge in [0.2, 0.25) is 5.91 Å². The predicted octanol–water partition coefficient (Wildman–Crippen LogP) is 0.0241. The van der Waals surface area contributed by atoms with Crippen molar-refractivity contribution in [2.24, 2.45) is 13.0 Å². The van der Waals surface area contributed by atoms with Crippen molar-refractivity contribution in [3.63, 3.8) is 0 Å². The predicted molar refractivity (Wildman–Crippen MR) is 54.5 cm³/mol. The number of carboxylic acids is 1. The number of hydrogen-bond donors (Lipinski definition) is 1. The van der Waals surface area contributed by atoms with Gasteiger partial charge in [-0.25, -0.2) is 0 Å². The Morgan fingerprint density at radius 1 is 1.56 bits per heavy atom. The van der Waals surface area contributed by atoms with Gasteiger partial charge in [0.1, 0.15) is 0 Å². The number of nitrogens with zero attached hydrogens (tertiary/aromatic N) is 3. The molecule has 16 heavy (non-hydrogen) atoms. The van der Waals surface area contributed by atoms with Crippen molar-refractivity contribution >= 4 is 11.9 Å². The first kappa shape index (κ1) is 10.7. The zero-order valence-electron chi connectivity index (χ0n) is 9.12. The third kappa shape index (κ3) is 1.46. The van der Waals surface area contributed by atoms with Crippen LogP contribution in [0.5, 0.6) is 0 Å². The number of carbonyl (C=O) groups excluding carboxylic acids is 1. The summed E-state index contributed by atoms with van der Waals surface area (Å²) in [7, 11) is 3.37. The molecule has 0 aromatic carbocycles. The second-order valence-corrected chi connectivity index (χ2v) is 3.98. The summed E-state index contributed by atoms with van der Waals surface area (Å²) in [6.07, 6.45) is 1.66. The maximum Gasteiger partial charge on any atom is 0.309 e. The van der Waals surface area contributed by atoms with E-state index in [4.69, 9.17) is 5.11 Å². The van der Waals surface area contributed by atoms with Crippen LogP contribution in [-0.2, 0) is 16.6 Å². The molecule has 0 radical (unpaired) electrons. The number of carbonyl (C=O) groups is 2. The average Bonchev–Trinajstić information content (AvgIpc) is 2.73. The molecule has 1 aliphatic heterocycles. The van der Waals surface area contributed by atoms with Crippen LogP contribution in [0.4, 0.5) is 0 Å². The van der Waals surface area contributed by atoms with Crippen LogP contribution in [0, 0.1) is 5.92 Å². The highest BCUT2D eigenvalue weighted by atomic mass is 16.4. The van der Waals surface area contributed by atoms with Gasteiger partial charge in [0.25, 0.3) is 0 Å². The van der Waals surface area contributed by atoms with Gasteiger partial charge in [-0.05, 0) is 6.07 Å². The Balaban J connectivity index is 2.40. The molecule has 2 rings (SSSR count). The van der Waals surface area contributed by atoms with E-state index < -0.39 is 17.9 Å². The van der Waals surface area contributed by atoms with Crippen molar-refractivity contribution in [1.82, 2.24) is 14.7 Å². The molecule has 1 amide bonds. The summed E-state index contributed by atoms with van der Waals surface area (Å²) < 4.78 is 1.61. The van der Waals surface area contributed by atoms with Crippen LogP contribution in [-0.4, -0.2) is 38.7 Å². The first-order chi connectivity index (χ1) is 7.52. The van der Waals surface area contributed by atoms with Gasteiger partial charge >= 0.3 is 5.97 Å². The summed E-state index contributed by atoms with van der Waals surface area (Å²) in [4.78, 5) is 24.1. The molecule has 0 bridgehead atoms. The van der Waals surface area contributed by atoms with Crippen molar-refractivity contribution in [3.8, 4) is 0 Å². The van der Waals surface area contributed by atoms with E-state index in [1.165, 1.54) is 4.90 Å². The molecule has 0 spiro atoms. The van der Waals surface area contributed by atoms with E-state index in [1.807, 2.05) is 0 Å². The lowest BCUT2D eigenvalue weighted by Crippen LogP contribution is -2.28. The molecule has 6 heteroatoms. The second-order valence-electron chi connectivity index (χ2n) is 3.98. The highest BCUT2D eigenvalue weighted by Crippen LogP contribution is 2.36. The number of aromatic nitrogens is 2. The Morgan fingerprint density at radius 3 is 2.75 bits per heavy atom. The molecule has 1 fully saturated rings. The van der Waals surface area contributed by atoms with E-state index in [0.717, 1.165) is 5.69 Å². The summed E-state index contributed by atoms with van der Waals surface area (Å²) in [5, 5.41) is 13.1. The van der Waals surface area contributed by atoms with Crippen LogP contribution in [0.1, 0.15) is 18.2 Å². The van der Waals surface area contributed by atoms with Crippen molar-refractivity contribution in [2.75, 3.05) is 7.05 Å². The molecule has 1 aromatic heterocycles. The maximum atomic E-state index is 11.5. The molecule has 1 aromatic rings. The number of rotatable bonds is 2. The van der Waals surface area contributed by atoms with E-state index in [2.05, 4.69) is 5.10 Å². The molecule has 6 nitrogen and oxygen atoms in total. The third-order valence-electron chi connectivity index (χ3n) is 3.07. The van der Waals surface area contributed by atoms with Gasteiger partial charge in [0.05, 0.1) is 17.7 Å². The van der Waals surface area contributed by atoms with E-state index >= 15 is 0 Å². The summed E-state index contributed by atoms with van der Waals surface area (Å²) in [6, 6.07) is 1.33. The molecule has 2 atom stereocenters. The van der Waals surface area contributed by atoms with Crippen molar-refractivity contribution < 1.29 is 14.7 Å². The Morgan fingerprint density at radius 2 is 2.25 bits per heavy atom. The van der Waals surface area contributed by atoms with E-state index in [9.17, 15) is 9.59 Å². The molecule has 1 aliphatic rings. The van der Waals surface area contributed by atoms with Gasteiger partial charge in [-0.2, -0.15) is 5.10 Å². The molecule has 86 valence electrons. The normalized spacial score (nSPS) is 25.1. The number of amides is 1. The Bertz CT molecular complexity index is 440. The Hall–Kier alpha value is -1.85. The molecule has 0 unspecified atom stereocenters. The minimum atomic E-state index is -0.941. The van der Waals surface area contributed by atoms with Gasteiger partial charge < -0.3 is 10.0 Å². The van der Waals surface area contributed by atoms with E-state index in [1.54, 1.807) is 31.0 Å². The molecule has 2 heterocycles. The van der Waals surface area contributed by atoms with Crippen LogP contribution in [0.3, 0.4) is 0 Å². The van der Waals surface area contributed by atoms with Gasteiger partial charge in [-0.15, -0.1) is 0 Å². The maximum absolute atomic E-state index is 11.5. The summed E-state index contributed by atoms with van der Waals surface area (Å²) in [5.74, 6) is -1.77. The monoisotopic (exact) mass is 223 g/mol. The lowest BCUT2D eigenvalue weighted by Gasteiger charge is -2.22. The smallest absolute Gasteiger partial charge is 0.309 e. The Kier molecular flexibility index (Phi) is 2.41. The quantitative estimate of drug-likeness (QED) is 0.767. The lowest BCUT2D eigenvalue weighted by molar-refractivity contribution is -0.142. The van der Waals surface area contributed by atoms with Crippen molar-refractivity contribution in [1.29, 1.82) is 0 Å². The number of hydrogen-bond acceptors (Lipinski definition) is 3. The topological polar surface area (TPSA) is 75.4 Å². The third-order valence-corrected chi connectivity index (χ3v) is 3.07. The average molecular weight is 223 g/mol. The molecular formula is C10H13N3O3. The highest BCUT2D eigenvalue weighted by Gasteiger charge is 2.43. The fourth-order valence-electron chi connectivity index (χ4n) is 2.17. The van der Waals surface area contributed by atoms with Gasteiger partial charge in [0, 0.05) is 26.7 Å². The van der Waals surface area contributed by atoms with Gasteiger partial charge in [-0.3, -0.25) is 14.3 Å². The number of aliphatic carboxylic acids is 1. The first-order valence-electron chi connectivity index (χ1n) is 4.98. The fourth-order valence-corrected chi connectivity index (χ4v) is 2.17. The van der Waals surface area contributed by atoms with Crippen LogP contribution < -0.4 is 0 Å². The standard InChI is InChI=1S/C10H13N3O3/c1-12-8(14)5-6(10(15)16)9(12)7-3-4-11-13(7)2/h3-4,6,9H,5H2,1-2H3,(H,15,16)/t6-,9-/m0/s1. The van der Waals surface area contributed by atoms with Crippen LogP contribution in [0.25, 0.3) is 0 Å². The highest BCUT2D eigenvalue weighted by molar-refractivity contribution is 5.87. The number of likely N-dealkylation sites (tertiary alicyclic amines) is 1. The lowest BCUT2D eigenvalue weighted by atomic mass is 9.98. The Labute approximate surface area is 92.5 Å².